The summed E-state index contributed by atoms with van der Waals surface area (Å²) in [6.07, 6.45) is 3.73. The van der Waals surface area contributed by atoms with Gasteiger partial charge < -0.3 is 15.7 Å². The Morgan fingerprint density at radius 3 is 2.58 bits per heavy atom. The average molecular weight is 266 g/mol. The van der Waals surface area contributed by atoms with Gasteiger partial charge in [0.2, 0.25) is 11.8 Å². The Morgan fingerprint density at radius 2 is 1.95 bits per heavy atom. The smallest absolute Gasteiger partial charge is 0.308 e. The van der Waals surface area contributed by atoms with Crippen LogP contribution in [0.3, 0.4) is 0 Å². The standard InChI is InChI=1S/C13H18N2O4/c16-9-4-3-8(14-9)12(17)15-11-7-2-1-6(5-7)10(11)13(18)19/h6-8,10-11H,1-5H2,(H,14,16)(H,15,17)(H,18,19)/t6?,7?,8-,10?,11?/m0/s1. The number of aliphatic carboxylic acids is 1. The number of carboxylic acids is 1. The van der Waals surface area contributed by atoms with Gasteiger partial charge in [-0.1, -0.05) is 0 Å². The lowest BCUT2D eigenvalue weighted by Crippen LogP contribution is -2.51. The number of hydrogen-bond acceptors (Lipinski definition) is 3. The lowest BCUT2D eigenvalue weighted by Gasteiger charge is -2.29. The predicted octanol–water partition coefficient (Wildman–Crippen LogP) is -0.119. The molecule has 3 fully saturated rings. The van der Waals surface area contributed by atoms with Crippen molar-refractivity contribution in [1.29, 1.82) is 0 Å². The maximum Gasteiger partial charge on any atom is 0.308 e. The van der Waals surface area contributed by atoms with Crippen LogP contribution < -0.4 is 10.6 Å². The second-order valence-electron chi connectivity index (χ2n) is 5.89. The van der Waals surface area contributed by atoms with Crippen molar-refractivity contribution in [2.75, 3.05) is 0 Å². The van der Waals surface area contributed by atoms with Gasteiger partial charge in [-0.3, -0.25) is 14.4 Å². The van der Waals surface area contributed by atoms with Crippen LogP contribution in [-0.2, 0) is 14.4 Å². The minimum absolute atomic E-state index is 0.108. The van der Waals surface area contributed by atoms with E-state index in [4.69, 9.17) is 0 Å². The molecule has 6 nitrogen and oxygen atoms in total. The summed E-state index contributed by atoms with van der Waals surface area (Å²) in [5, 5.41) is 14.8. The monoisotopic (exact) mass is 266 g/mol. The Kier molecular flexibility index (Phi) is 2.95. The number of carboxylic acid groups (broad SMARTS) is 1. The molecule has 3 rings (SSSR count). The molecule has 2 amide bonds. The quantitative estimate of drug-likeness (QED) is 0.663. The van der Waals surface area contributed by atoms with Crippen LogP contribution in [0.4, 0.5) is 0 Å². The van der Waals surface area contributed by atoms with Crippen molar-refractivity contribution < 1.29 is 19.5 Å². The summed E-state index contributed by atoms with van der Waals surface area (Å²) >= 11 is 0. The van der Waals surface area contributed by atoms with Crippen molar-refractivity contribution in [2.45, 2.75) is 44.2 Å². The maximum atomic E-state index is 12.1. The lowest BCUT2D eigenvalue weighted by molar-refractivity contribution is -0.145. The van der Waals surface area contributed by atoms with E-state index in [-0.39, 0.29) is 29.7 Å². The van der Waals surface area contributed by atoms with E-state index in [0.29, 0.717) is 12.8 Å². The van der Waals surface area contributed by atoms with Gasteiger partial charge in [0.05, 0.1) is 5.92 Å². The van der Waals surface area contributed by atoms with Crippen LogP contribution in [0.5, 0.6) is 0 Å². The highest BCUT2D eigenvalue weighted by Crippen LogP contribution is 2.48. The van der Waals surface area contributed by atoms with Crippen molar-refractivity contribution in [3.8, 4) is 0 Å². The summed E-state index contributed by atoms with van der Waals surface area (Å²) in [5.41, 5.74) is 0. The van der Waals surface area contributed by atoms with Gasteiger partial charge in [0.15, 0.2) is 0 Å². The minimum Gasteiger partial charge on any atom is -0.481 e. The molecule has 0 aromatic heterocycles. The predicted molar refractivity (Wildman–Crippen MR) is 65.1 cm³/mol. The van der Waals surface area contributed by atoms with Crippen LogP contribution in [0.25, 0.3) is 0 Å². The zero-order valence-electron chi connectivity index (χ0n) is 10.6. The number of amides is 2. The van der Waals surface area contributed by atoms with Crippen molar-refractivity contribution >= 4 is 17.8 Å². The molecule has 3 N–H and O–H groups in total. The van der Waals surface area contributed by atoms with E-state index in [2.05, 4.69) is 10.6 Å². The third-order valence-corrected chi connectivity index (χ3v) is 4.82. The van der Waals surface area contributed by atoms with Gasteiger partial charge in [0.1, 0.15) is 6.04 Å². The number of fused-ring (bicyclic) bond motifs is 2. The van der Waals surface area contributed by atoms with Crippen LogP contribution in [0.2, 0.25) is 0 Å². The Hall–Kier alpha value is -1.59. The van der Waals surface area contributed by atoms with E-state index in [9.17, 15) is 19.5 Å². The average Bonchev–Trinajstić information content (AvgIpc) is 3.03. The molecular weight excluding hydrogens is 248 g/mol. The van der Waals surface area contributed by atoms with Gasteiger partial charge in [-0.05, 0) is 37.5 Å². The van der Waals surface area contributed by atoms with E-state index in [0.717, 1.165) is 19.3 Å². The highest BCUT2D eigenvalue weighted by Gasteiger charge is 2.52. The molecule has 3 aliphatic rings. The summed E-state index contributed by atoms with van der Waals surface area (Å²) in [6.45, 7) is 0. The third kappa shape index (κ3) is 2.09. The molecule has 0 spiro atoms. The molecule has 4 unspecified atom stereocenters. The number of carbonyl (C=O) groups is 3. The zero-order chi connectivity index (χ0) is 13.6. The first-order chi connectivity index (χ1) is 9.06. The van der Waals surface area contributed by atoms with Crippen LogP contribution in [0, 0.1) is 17.8 Å². The van der Waals surface area contributed by atoms with Crippen LogP contribution in [0.15, 0.2) is 0 Å². The summed E-state index contributed by atoms with van der Waals surface area (Å²) in [5.74, 6) is -1.12. The topological polar surface area (TPSA) is 95.5 Å². The Labute approximate surface area is 110 Å². The fourth-order valence-corrected chi connectivity index (χ4v) is 3.93. The van der Waals surface area contributed by atoms with Gasteiger partial charge in [-0.15, -0.1) is 0 Å². The molecule has 0 aromatic rings. The highest BCUT2D eigenvalue weighted by atomic mass is 16.4. The number of hydrogen-bond donors (Lipinski definition) is 3. The maximum absolute atomic E-state index is 12.1. The first-order valence-corrected chi connectivity index (χ1v) is 6.89. The van der Waals surface area contributed by atoms with Gasteiger partial charge in [-0.2, -0.15) is 0 Å². The normalized spacial score (nSPS) is 40.2. The van der Waals surface area contributed by atoms with Crippen molar-refractivity contribution in [3.05, 3.63) is 0 Å². The summed E-state index contributed by atoms with van der Waals surface area (Å²) in [6, 6.07) is -0.748. The molecule has 0 aromatic carbocycles. The molecule has 1 saturated heterocycles. The van der Waals surface area contributed by atoms with Crippen molar-refractivity contribution in [2.24, 2.45) is 17.8 Å². The second kappa shape index (κ2) is 4.51. The SMILES string of the molecule is O=C1CC[C@@H](C(=O)NC2C3CCC(C3)C2C(=O)O)N1. The Balaban J connectivity index is 1.67. The molecular formula is C13H18N2O4. The van der Waals surface area contributed by atoms with E-state index in [1.54, 1.807) is 0 Å². The van der Waals surface area contributed by atoms with Crippen LogP contribution in [0.1, 0.15) is 32.1 Å². The molecule has 104 valence electrons. The van der Waals surface area contributed by atoms with E-state index >= 15 is 0 Å². The van der Waals surface area contributed by atoms with Crippen molar-refractivity contribution in [1.82, 2.24) is 10.6 Å². The molecule has 2 bridgehead atoms. The fraction of sp³-hybridized carbons (Fsp3) is 0.769. The van der Waals surface area contributed by atoms with Gasteiger partial charge in [0, 0.05) is 12.5 Å². The van der Waals surface area contributed by atoms with Crippen LogP contribution >= 0.6 is 0 Å². The molecule has 5 atom stereocenters. The van der Waals surface area contributed by atoms with E-state index in [1.165, 1.54) is 0 Å². The highest BCUT2D eigenvalue weighted by molar-refractivity contribution is 5.91. The summed E-state index contributed by atoms with van der Waals surface area (Å²) in [7, 11) is 0. The zero-order valence-corrected chi connectivity index (χ0v) is 10.6. The molecule has 2 aliphatic carbocycles. The lowest BCUT2D eigenvalue weighted by atomic mass is 9.84. The number of nitrogens with one attached hydrogen (secondary N) is 2. The Bertz CT molecular complexity index is 436. The van der Waals surface area contributed by atoms with E-state index in [1.807, 2.05) is 0 Å². The summed E-state index contributed by atoms with van der Waals surface area (Å²) in [4.78, 5) is 34.5. The second-order valence-corrected chi connectivity index (χ2v) is 5.89. The number of rotatable bonds is 3. The number of carbonyl (C=O) groups excluding carboxylic acids is 2. The molecule has 2 saturated carbocycles. The minimum atomic E-state index is -0.812. The Morgan fingerprint density at radius 1 is 1.21 bits per heavy atom. The first kappa shape index (κ1) is 12.4. The van der Waals surface area contributed by atoms with E-state index < -0.39 is 17.9 Å². The molecule has 6 heteroatoms. The van der Waals surface area contributed by atoms with Gasteiger partial charge in [0.25, 0.3) is 0 Å². The molecule has 0 radical (unpaired) electrons. The van der Waals surface area contributed by atoms with Gasteiger partial charge in [-0.25, -0.2) is 0 Å². The van der Waals surface area contributed by atoms with Gasteiger partial charge >= 0.3 is 5.97 Å². The molecule has 19 heavy (non-hydrogen) atoms. The largest absolute Gasteiger partial charge is 0.481 e. The molecule has 1 aliphatic heterocycles. The van der Waals surface area contributed by atoms with Crippen LogP contribution in [-0.4, -0.2) is 35.0 Å². The summed E-state index contributed by atoms with van der Waals surface area (Å²) < 4.78 is 0. The third-order valence-electron chi connectivity index (χ3n) is 4.82. The van der Waals surface area contributed by atoms with Crippen molar-refractivity contribution in [3.63, 3.8) is 0 Å². The first-order valence-electron chi connectivity index (χ1n) is 6.89. The molecule has 1 heterocycles. The fourth-order valence-electron chi connectivity index (χ4n) is 3.93.